The Morgan fingerprint density at radius 2 is 2.00 bits per heavy atom. The van der Waals surface area contributed by atoms with Gasteiger partial charge in [0.2, 0.25) is 0 Å². The molecule has 100 valence electrons. The second-order valence-electron chi connectivity index (χ2n) is 5.93. The number of benzene rings is 1. The van der Waals surface area contributed by atoms with Crippen LogP contribution in [0.25, 0.3) is 0 Å². The molecule has 0 spiro atoms. The fraction of sp³-hybridized carbons (Fsp3) is 0.571. The van der Waals surface area contributed by atoms with Gasteiger partial charge in [0.25, 0.3) is 0 Å². The van der Waals surface area contributed by atoms with Crippen LogP contribution >= 0.6 is 11.6 Å². The van der Waals surface area contributed by atoms with Crippen molar-refractivity contribution in [1.82, 2.24) is 0 Å². The van der Waals surface area contributed by atoms with E-state index in [0.717, 1.165) is 6.42 Å². The minimum atomic E-state index is -0.352. The molecule has 1 heterocycles. The zero-order valence-electron chi connectivity index (χ0n) is 11.3. The Kier molecular flexibility index (Phi) is 3.24. The monoisotopic (exact) mass is 269 g/mol. The predicted molar refractivity (Wildman–Crippen MR) is 74.1 cm³/mol. The molecule has 1 aliphatic rings. The van der Waals surface area contributed by atoms with Gasteiger partial charge in [-0.25, -0.2) is 0 Å². The highest BCUT2D eigenvalue weighted by molar-refractivity contribution is 6.32. The van der Waals surface area contributed by atoms with Crippen LogP contribution in [0.3, 0.4) is 0 Å². The van der Waals surface area contributed by atoms with Gasteiger partial charge in [0, 0.05) is 6.42 Å². The molecule has 1 atom stereocenters. The number of hydrogen-bond acceptors (Lipinski definition) is 3. The molecular weight excluding hydrogens is 250 g/mol. The van der Waals surface area contributed by atoms with E-state index in [4.69, 9.17) is 26.8 Å². The van der Waals surface area contributed by atoms with Crippen molar-refractivity contribution >= 4 is 17.3 Å². The van der Waals surface area contributed by atoms with Gasteiger partial charge < -0.3 is 15.2 Å². The lowest BCUT2D eigenvalue weighted by molar-refractivity contribution is -0.0845. The van der Waals surface area contributed by atoms with Crippen molar-refractivity contribution in [3.8, 4) is 5.75 Å². The quantitative estimate of drug-likeness (QED) is 0.834. The summed E-state index contributed by atoms with van der Waals surface area (Å²) in [5, 5.41) is 0.538. The SMILES string of the molecule is CC1(C)CC(Oc2c(N)cccc2Cl)C(C)(C)O1. The van der Waals surface area contributed by atoms with Gasteiger partial charge in [-0.05, 0) is 39.8 Å². The second kappa shape index (κ2) is 4.32. The van der Waals surface area contributed by atoms with Crippen LogP contribution in [0.1, 0.15) is 34.1 Å². The molecule has 0 radical (unpaired) electrons. The van der Waals surface area contributed by atoms with Crippen molar-refractivity contribution < 1.29 is 9.47 Å². The van der Waals surface area contributed by atoms with Gasteiger partial charge >= 0.3 is 0 Å². The van der Waals surface area contributed by atoms with Gasteiger partial charge in [-0.3, -0.25) is 0 Å². The number of ether oxygens (including phenoxy) is 2. The van der Waals surface area contributed by atoms with Crippen LogP contribution in [0.5, 0.6) is 5.75 Å². The molecule has 0 bridgehead atoms. The smallest absolute Gasteiger partial charge is 0.161 e. The summed E-state index contributed by atoms with van der Waals surface area (Å²) in [5.74, 6) is 0.554. The van der Waals surface area contributed by atoms with E-state index in [0.29, 0.717) is 16.5 Å². The van der Waals surface area contributed by atoms with Gasteiger partial charge in [0.15, 0.2) is 5.75 Å². The molecule has 1 aromatic rings. The number of anilines is 1. The van der Waals surface area contributed by atoms with E-state index < -0.39 is 0 Å². The Hall–Kier alpha value is -0.930. The number of nitrogens with two attached hydrogens (primary N) is 1. The molecule has 1 aromatic carbocycles. The Balaban J connectivity index is 2.25. The van der Waals surface area contributed by atoms with Crippen LogP contribution in [0.2, 0.25) is 5.02 Å². The van der Waals surface area contributed by atoms with Gasteiger partial charge in [0.05, 0.1) is 16.3 Å². The first-order valence-electron chi connectivity index (χ1n) is 6.12. The lowest BCUT2D eigenvalue weighted by Crippen LogP contribution is -2.36. The predicted octanol–water partition coefficient (Wildman–Crippen LogP) is 3.65. The van der Waals surface area contributed by atoms with E-state index in [9.17, 15) is 0 Å². The van der Waals surface area contributed by atoms with Crippen LogP contribution in [0.4, 0.5) is 5.69 Å². The van der Waals surface area contributed by atoms with Crippen molar-refractivity contribution in [2.75, 3.05) is 5.73 Å². The van der Waals surface area contributed by atoms with E-state index in [-0.39, 0.29) is 17.3 Å². The van der Waals surface area contributed by atoms with E-state index in [1.165, 1.54) is 0 Å². The van der Waals surface area contributed by atoms with Gasteiger partial charge in [-0.2, -0.15) is 0 Å². The topological polar surface area (TPSA) is 44.5 Å². The van der Waals surface area contributed by atoms with Crippen molar-refractivity contribution in [1.29, 1.82) is 0 Å². The number of para-hydroxylation sites is 1. The standard InChI is InChI=1S/C14H20ClNO2/c1-13(2)8-11(14(3,4)18-13)17-12-9(15)6-5-7-10(12)16/h5-7,11H,8,16H2,1-4H3. The fourth-order valence-electron chi connectivity index (χ4n) is 2.49. The zero-order valence-corrected chi connectivity index (χ0v) is 12.0. The lowest BCUT2D eigenvalue weighted by atomic mass is 9.97. The maximum atomic E-state index is 6.13. The van der Waals surface area contributed by atoms with Crippen molar-refractivity contribution in [3.63, 3.8) is 0 Å². The lowest BCUT2D eigenvalue weighted by Gasteiger charge is -2.28. The Labute approximate surface area is 113 Å². The minimum absolute atomic E-state index is 0.0605. The molecule has 2 N–H and O–H groups in total. The van der Waals surface area contributed by atoms with E-state index >= 15 is 0 Å². The third-order valence-corrected chi connectivity index (χ3v) is 3.55. The molecule has 3 nitrogen and oxygen atoms in total. The summed E-state index contributed by atoms with van der Waals surface area (Å²) >= 11 is 6.13. The Morgan fingerprint density at radius 1 is 1.33 bits per heavy atom. The summed E-state index contributed by atoms with van der Waals surface area (Å²) in [6.07, 6.45) is 0.750. The van der Waals surface area contributed by atoms with Gasteiger partial charge in [0.1, 0.15) is 11.7 Å². The molecule has 1 unspecified atom stereocenters. The third kappa shape index (κ3) is 2.57. The first kappa shape index (κ1) is 13.5. The molecule has 4 heteroatoms. The third-order valence-electron chi connectivity index (χ3n) is 3.25. The summed E-state index contributed by atoms with van der Waals surface area (Å²) in [6, 6.07) is 5.38. The first-order chi connectivity index (χ1) is 8.21. The van der Waals surface area contributed by atoms with Crippen LogP contribution < -0.4 is 10.5 Å². The average molecular weight is 270 g/mol. The number of hydrogen-bond donors (Lipinski definition) is 1. The largest absolute Gasteiger partial charge is 0.484 e. The molecule has 0 aromatic heterocycles. The summed E-state index contributed by atoms with van der Waals surface area (Å²) in [6.45, 7) is 8.18. The van der Waals surface area contributed by atoms with Crippen LogP contribution in [0.15, 0.2) is 18.2 Å². The number of rotatable bonds is 2. The fourth-order valence-corrected chi connectivity index (χ4v) is 2.71. The summed E-state index contributed by atoms with van der Waals surface area (Å²) in [4.78, 5) is 0. The maximum Gasteiger partial charge on any atom is 0.161 e. The van der Waals surface area contributed by atoms with Gasteiger partial charge in [-0.1, -0.05) is 17.7 Å². The second-order valence-corrected chi connectivity index (χ2v) is 6.34. The van der Waals surface area contributed by atoms with E-state index in [1.807, 2.05) is 19.9 Å². The van der Waals surface area contributed by atoms with Crippen molar-refractivity contribution in [3.05, 3.63) is 23.2 Å². The molecule has 18 heavy (non-hydrogen) atoms. The van der Waals surface area contributed by atoms with Crippen molar-refractivity contribution in [2.45, 2.75) is 51.4 Å². The molecular formula is C14H20ClNO2. The molecule has 1 fully saturated rings. The normalized spacial score (nSPS) is 25.1. The molecule has 0 amide bonds. The average Bonchev–Trinajstić information content (AvgIpc) is 2.40. The highest BCUT2D eigenvalue weighted by atomic mass is 35.5. The van der Waals surface area contributed by atoms with E-state index in [2.05, 4.69) is 13.8 Å². The minimum Gasteiger partial charge on any atom is -0.484 e. The summed E-state index contributed by atoms with van der Waals surface area (Å²) < 4.78 is 12.0. The number of halogens is 1. The first-order valence-corrected chi connectivity index (χ1v) is 6.50. The van der Waals surface area contributed by atoms with E-state index in [1.54, 1.807) is 12.1 Å². The molecule has 0 aliphatic carbocycles. The highest BCUT2D eigenvalue weighted by Crippen LogP contribution is 2.42. The van der Waals surface area contributed by atoms with Crippen LogP contribution in [-0.2, 0) is 4.74 Å². The Morgan fingerprint density at radius 3 is 2.50 bits per heavy atom. The zero-order chi connectivity index (χ0) is 13.6. The molecule has 0 saturated carbocycles. The van der Waals surface area contributed by atoms with Crippen molar-refractivity contribution in [2.24, 2.45) is 0 Å². The number of nitrogen functional groups attached to an aromatic ring is 1. The molecule has 2 rings (SSSR count). The Bertz CT molecular complexity index is 437. The highest BCUT2D eigenvalue weighted by Gasteiger charge is 2.47. The molecule has 1 saturated heterocycles. The van der Waals surface area contributed by atoms with Crippen LogP contribution in [0, 0.1) is 0 Å². The maximum absolute atomic E-state index is 6.13. The summed E-state index contributed by atoms with van der Waals surface area (Å²) in [7, 11) is 0. The van der Waals surface area contributed by atoms with Gasteiger partial charge in [-0.15, -0.1) is 0 Å². The summed E-state index contributed by atoms with van der Waals surface area (Å²) in [5.41, 5.74) is 5.92. The molecule has 1 aliphatic heterocycles. The van der Waals surface area contributed by atoms with Crippen LogP contribution in [-0.4, -0.2) is 17.3 Å².